The molecule has 2 aliphatic heterocycles. The number of hydrogen-bond donors (Lipinski definition) is 4. The van der Waals surface area contributed by atoms with E-state index in [1.54, 1.807) is 16.2 Å². The summed E-state index contributed by atoms with van der Waals surface area (Å²) in [5.74, 6) is -1.31. The van der Waals surface area contributed by atoms with Gasteiger partial charge >= 0.3 is 6.09 Å². The minimum atomic E-state index is -0.886. The average Bonchev–Trinajstić information content (AvgIpc) is 3.85. The van der Waals surface area contributed by atoms with E-state index in [1.165, 1.54) is 4.90 Å². The fourth-order valence-corrected chi connectivity index (χ4v) is 7.65. The van der Waals surface area contributed by atoms with Crippen molar-refractivity contribution in [2.75, 3.05) is 26.2 Å². The van der Waals surface area contributed by atoms with Gasteiger partial charge in [-0.3, -0.25) is 19.2 Å². The molecule has 0 bridgehead atoms. The fraction of sp³-hybridized carbons (Fsp3) is 0.650. The van der Waals surface area contributed by atoms with Gasteiger partial charge in [-0.1, -0.05) is 57.9 Å². The lowest BCUT2D eigenvalue weighted by molar-refractivity contribution is -0.144. The Morgan fingerprint density at radius 3 is 2.28 bits per heavy atom. The molecule has 1 aromatic heterocycles. The Morgan fingerprint density at radius 1 is 0.963 bits per heavy atom. The number of rotatable bonds is 14. The highest BCUT2D eigenvalue weighted by Crippen LogP contribution is 2.30. The number of aromatic nitrogens is 1. The normalized spacial score (nSPS) is 20.0. The van der Waals surface area contributed by atoms with Gasteiger partial charge in [0.05, 0.1) is 34.1 Å². The minimum Gasteiger partial charge on any atom is -0.444 e. The number of nitrogens with one attached hydrogen (secondary N) is 3. The van der Waals surface area contributed by atoms with Crippen LogP contribution in [0.1, 0.15) is 111 Å². The van der Waals surface area contributed by atoms with Gasteiger partial charge in [0.2, 0.25) is 23.6 Å². The monoisotopic (exact) mass is 768 g/mol. The van der Waals surface area contributed by atoms with Crippen molar-refractivity contribution in [2.24, 2.45) is 11.3 Å². The quantitative estimate of drug-likeness (QED) is 0.192. The van der Waals surface area contributed by atoms with Crippen molar-refractivity contribution in [3.63, 3.8) is 0 Å². The Labute approximate surface area is 324 Å². The number of benzene rings is 1. The van der Waals surface area contributed by atoms with Crippen LogP contribution >= 0.6 is 11.3 Å². The van der Waals surface area contributed by atoms with Gasteiger partial charge in [0.25, 0.3) is 0 Å². The lowest BCUT2D eigenvalue weighted by Gasteiger charge is -2.35. The van der Waals surface area contributed by atoms with E-state index in [0.29, 0.717) is 32.5 Å². The minimum absolute atomic E-state index is 0.00985. The highest BCUT2D eigenvalue weighted by molar-refractivity contribution is 7.13. The van der Waals surface area contributed by atoms with Crippen molar-refractivity contribution in [2.45, 2.75) is 130 Å². The molecule has 2 aliphatic rings. The molecule has 5 atom stereocenters. The van der Waals surface area contributed by atoms with Crippen LogP contribution in [0.4, 0.5) is 4.79 Å². The summed E-state index contributed by atoms with van der Waals surface area (Å²) >= 11 is 1.58. The number of hydrogen-bond acceptors (Lipinski definition) is 9. The highest BCUT2D eigenvalue weighted by atomic mass is 32.1. The molecule has 4 N–H and O–H groups in total. The summed E-state index contributed by atoms with van der Waals surface area (Å²) in [5.41, 5.74) is 3.52. The Morgan fingerprint density at radius 2 is 1.65 bits per heavy atom. The van der Waals surface area contributed by atoms with Crippen molar-refractivity contribution in [3.8, 4) is 10.4 Å². The van der Waals surface area contributed by atoms with E-state index in [9.17, 15) is 29.1 Å². The number of β-amino-alcohol motifs (C(OH)–C–C–N with tert-alkyl or cyclic N) is 1. The predicted molar refractivity (Wildman–Crippen MR) is 208 cm³/mol. The Bertz CT molecular complexity index is 1620. The summed E-state index contributed by atoms with van der Waals surface area (Å²) in [5, 5.41) is 19.5. The highest BCUT2D eigenvalue weighted by Gasteiger charge is 2.44. The molecule has 14 heteroatoms. The third-order valence-electron chi connectivity index (χ3n) is 9.90. The molecule has 0 saturated carbocycles. The molecule has 5 amide bonds. The van der Waals surface area contributed by atoms with Crippen molar-refractivity contribution in [1.82, 2.24) is 30.7 Å². The predicted octanol–water partition coefficient (Wildman–Crippen LogP) is 5.11. The zero-order valence-electron chi connectivity index (χ0n) is 33.2. The van der Waals surface area contributed by atoms with Crippen molar-refractivity contribution in [3.05, 3.63) is 41.0 Å². The van der Waals surface area contributed by atoms with Gasteiger partial charge < -0.3 is 35.6 Å². The molecule has 2 fully saturated rings. The van der Waals surface area contributed by atoms with E-state index in [4.69, 9.17) is 4.74 Å². The van der Waals surface area contributed by atoms with Crippen LogP contribution in [-0.2, 0) is 23.9 Å². The van der Waals surface area contributed by atoms with Crippen LogP contribution in [0.25, 0.3) is 10.4 Å². The number of amides is 5. The summed E-state index contributed by atoms with van der Waals surface area (Å²) in [4.78, 5) is 74.0. The first-order chi connectivity index (χ1) is 25.3. The Hall–Kier alpha value is -4.04. The van der Waals surface area contributed by atoms with E-state index >= 15 is 0 Å². The number of likely N-dealkylation sites (tertiary alicyclic amines) is 2. The first kappa shape index (κ1) is 42.7. The molecule has 298 valence electrons. The molecule has 0 aliphatic carbocycles. The molecule has 54 heavy (non-hydrogen) atoms. The maximum atomic E-state index is 14.0. The Balaban J connectivity index is 1.20. The lowest BCUT2D eigenvalue weighted by atomic mass is 9.85. The first-order valence-corrected chi connectivity index (χ1v) is 20.1. The zero-order chi connectivity index (χ0) is 39.8. The molecule has 13 nitrogen and oxygen atoms in total. The number of carbonyl (C=O) groups excluding carboxylic acids is 5. The van der Waals surface area contributed by atoms with Crippen LogP contribution in [0.2, 0.25) is 0 Å². The van der Waals surface area contributed by atoms with Crippen molar-refractivity contribution >= 4 is 41.1 Å². The van der Waals surface area contributed by atoms with Crippen LogP contribution in [-0.4, -0.2) is 99.6 Å². The van der Waals surface area contributed by atoms with Crippen LogP contribution in [0.15, 0.2) is 29.8 Å². The third-order valence-corrected chi connectivity index (χ3v) is 10.9. The molecular weight excluding hydrogens is 709 g/mol. The summed E-state index contributed by atoms with van der Waals surface area (Å²) in [6.45, 7) is 16.3. The molecule has 0 spiro atoms. The number of aliphatic hydroxyl groups excluding tert-OH is 1. The van der Waals surface area contributed by atoms with Gasteiger partial charge in [0.1, 0.15) is 17.7 Å². The van der Waals surface area contributed by atoms with Crippen LogP contribution in [0, 0.1) is 18.3 Å². The number of carbonyl (C=O) groups is 5. The van der Waals surface area contributed by atoms with Gasteiger partial charge in [-0.15, -0.1) is 11.3 Å². The molecule has 4 rings (SSSR count). The maximum absolute atomic E-state index is 14.0. The topological polar surface area (TPSA) is 170 Å². The largest absolute Gasteiger partial charge is 0.444 e. The first-order valence-electron chi connectivity index (χ1n) is 19.2. The van der Waals surface area contributed by atoms with Gasteiger partial charge in [-0.05, 0) is 70.4 Å². The van der Waals surface area contributed by atoms with Crippen LogP contribution < -0.4 is 16.0 Å². The number of ether oxygens (including phenoxy) is 1. The fourth-order valence-electron chi connectivity index (χ4n) is 6.84. The van der Waals surface area contributed by atoms with Gasteiger partial charge in [-0.2, -0.15) is 0 Å². The second kappa shape index (κ2) is 18.5. The van der Waals surface area contributed by atoms with Crippen LogP contribution in [0.3, 0.4) is 0 Å². The van der Waals surface area contributed by atoms with E-state index in [1.807, 2.05) is 85.2 Å². The van der Waals surface area contributed by atoms with Crippen molar-refractivity contribution in [1.29, 1.82) is 0 Å². The standard InChI is InChI=1S/C40H60N6O7S/c1-25(27-14-16-28(17-15-27)33-26(2)42-24-54-33)43-36(50)31-21-30(47)23-46(31)37(51)34(39(3,4)5)44-32(48)13-11-9-10-12-19-41-35(49)29-18-20-45(22-29)38(52)53-40(6,7)8/h14-17,24-25,29-31,34,47H,9-13,18-23H2,1-8H3,(H,41,49)(H,43,50)(H,44,48)/t25-,29+,30+,31-,34+/m0/s1. The number of unbranched alkanes of at least 4 members (excludes halogenated alkanes) is 3. The van der Waals surface area contributed by atoms with Gasteiger partial charge in [0, 0.05) is 39.0 Å². The summed E-state index contributed by atoms with van der Waals surface area (Å²) in [6.07, 6.45) is 2.69. The van der Waals surface area contributed by atoms with E-state index < -0.39 is 41.2 Å². The molecular formula is C40H60N6O7S. The summed E-state index contributed by atoms with van der Waals surface area (Å²) in [7, 11) is 0. The number of aliphatic hydroxyl groups is 1. The molecule has 3 heterocycles. The number of aryl methyl sites for hydroxylation is 1. The number of nitrogens with zero attached hydrogens (tertiary/aromatic N) is 3. The van der Waals surface area contributed by atoms with E-state index in [2.05, 4.69) is 20.9 Å². The number of thiazole rings is 1. The van der Waals surface area contributed by atoms with E-state index in [0.717, 1.165) is 41.0 Å². The Kier molecular flexibility index (Phi) is 14.7. The third kappa shape index (κ3) is 12.0. The molecule has 2 saturated heterocycles. The maximum Gasteiger partial charge on any atom is 0.410 e. The zero-order valence-corrected chi connectivity index (χ0v) is 34.0. The molecule has 2 aromatic rings. The second-order valence-electron chi connectivity index (χ2n) is 16.7. The molecule has 1 aromatic carbocycles. The van der Waals surface area contributed by atoms with Gasteiger partial charge in [-0.25, -0.2) is 9.78 Å². The van der Waals surface area contributed by atoms with Crippen molar-refractivity contribution < 1.29 is 33.8 Å². The van der Waals surface area contributed by atoms with Gasteiger partial charge in [0.15, 0.2) is 0 Å². The summed E-state index contributed by atoms with van der Waals surface area (Å²) in [6, 6.07) is 5.86. The second-order valence-corrected chi connectivity index (χ2v) is 17.6. The smallest absolute Gasteiger partial charge is 0.410 e. The summed E-state index contributed by atoms with van der Waals surface area (Å²) < 4.78 is 5.41. The SMILES string of the molecule is Cc1ncsc1-c1ccc([C@H](C)NC(=O)[C@@H]2C[C@@H](O)CN2C(=O)[C@@H](NC(=O)CCCCCCNC(=O)[C@@H]2CCN(C(=O)OC(C)(C)C)C2)C(C)(C)C)cc1. The average molecular weight is 769 g/mol. The van der Waals surface area contributed by atoms with Crippen LogP contribution in [0.5, 0.6) is 0 Å². The van der Waals surface area contributed by atoms with E-state index in [-0.39, 0.29) is 49.1 Å². The lowest BCUT2D eigenvalue weighted by Crippen LogP contribution is -2.57. The molecule has 0 radical (unpaired) electrons. The molecule has 0 unspecified atom stereocenters.